The lowest BCUT2D eigenvalue weighted by Crippen LogP contribution is -2.29. The van der Waals surface area contributed by atoms with E-state index in [1.807, 2.05) is 6.92 Å². The van der Waals surface area contributed by atoms with Crippen LogP contribution in [0, 0.1) is 5.92 Å². The van der Waals surface area contributed by atoms with Gasteiger partial charge in [0, 0.05) is 30.5 Å². The molecule has 2 N–H and O–H groups in total. The maximum atomic E-state index is 11.9. The molecule has 0 spiro atoms. The highest BCUT2D eigenvalue weighted by Gasteiger charge is 2.30. The summed E-state index contributed by atoms with van der Waals surface area (Å²) in [4.78, 5) is 14.3. The molecule has 1 aliphatic carbocycles. The van der Waals surface area contributed by atoms with E-state index in [9.17, 15) is 4.79 Å². The van der Waals surface area contributed by atoms with Gasteiger partial charge in [-0.2, -0.15) is 0 Å². The molecule has 108 valence electrons. The van der Waals surface area contributed by atoms with Crippen LogP contribution in [0.5, 0.6) is 0 Å². The van der Waals surface area contributed by atoms with E-state index >= 15 is 0 Å². The summed E-state index contributed by atoms with van der Waals surface area (Å²) in [6.07, 6.45) is 4.09. The summed E-state index contributed by atoms with van der Waals surface area (Å²) in [5, 5.41) is 6.20. The standard InChI is InChI=1S/C16H23N3O/c1-3-17-15-13-8-7-12(9-14(13)18-16(15)20)19(2)10-11-5-4-6-11/h7-9,11,15,17H,3-6,10H2,1-2H3,(H,18,20). The van der Waals surface area contributed by atoms with E-state index in [0.717, 1.165) is 30.3 Å². The molecular formula is C16H23N3O. The van der Waals surface area contributed by atoms with Crippen LogP contribution in [0.1, 0.15) is 37.8 Å². The molecule has 0 aromatic heterocycles. The van der Waals surface area contributed by atoms with E-state index in [-0.39, 0.29) is 11.9 Å². The number of anilines is 2. The van der Waals surface area contributed by atoms with Gasteiger partial charge in [0.05, 0.1) is 0 Å². The summed E-state index contributed by atoms with van der Waals surface area (Å²) in [5.41, 5.74) is 3.21. The zero-order valence-electron chi connectivity index (χ0n) is 12.3. The highest BCUT2D eigenvalue weighted by atomic mass is 16.2. The fourth-order valence-corrected chi connectivity index (χ4v) is 3.06. The third-order valence-corrected chi connectivity index (χ3v) is 4.47. The number of likely N-dealkylation sites (N-methyl/N-ethyl adjacent to an activating group) is 1. The number of amides is 1. The summed E-state index contributed by atoms with van der Waals surface area (Å²) in [5.74, 6) is 0.901. The Labute approximate surface area is 120 Å². The zero-order valence-corrected chi connectivity index (χ0v) is 12.3. The van der Waals surface area contributed by atoms with Gasteiger partial charge in [-0.05, 0) is 37.4 Å². The molecule has 1 aromatic rings. The molecular weight excluding hydrogens is 250 g/mol. The Balaban J connectivity index is 1.76. The van der Waals surface area contributed by atoms with Crippen LogP contribution in [-0.4, -0.2) is 26.0 Å². The van der Waals surface area contributed by atoms with Crippen LogP contribution in [0.4, 0.5) is 11.4 Å². The molecule has 4 nitrogen and oxygen atoms in total. The molecule has 4 heteroatoms. The molecule has 0 saturated heterocycles. The Morgan fingerprint density at radius 1 is 1.40 bits per heavy atom. The molecule has 1 aliphatic heterocycles. The number of hydrogen-bond acceptors (Lipinski definition) is 3. The number of nitrogens with one attached hydrogen (secondary N) is 2. The van der Waals surface area contributed by atoms with Crippen LogP contribution in [0.25, 0.3) is 0 Å². The van der Waals surface area contributed by atoms with Gasteiger partial charge in [-0.25, -0.2) is 0 Å². The summed E-state index contributed by atoms with van der Waals surface area (Å²) >= 11 is 0. The molecule has 0 bridgehead atoms. The fraction of sp³-hybridized carbons (Fsp3) is 0.562. The van der Waals surface area contributed by atoms with Crippen LogP contribution in [0.3, 0.4) is 0 Å². The van der Waals surface area contributed by atoms with Crippen molar-refractivity contribution in [3.8, 4) is 0 Å². The van der Waals surface area contributed by atoms with E-state index in [0.29, 0.717) is 0 Å². The lowest BCUT2D eigenvalue weighted by atomic mass is 9.85. The van der Waals surface area contributed by atoms with Crippen LogP contribution in [-0.2, 0) is 4.79 Å². The van der Waals surface area contributed by atoms with Crippen molar-refractivity contribution in [1.82, 2.24) is 5.32 Å². The SMILES string of the molecule is CCNC1C(=O)Nc2cc(N(C)CC3CCC3)ccc21. The third kappa shape index (κ3) is 2.40. The molecule has 3 rings (SSSR count). The van der Waals surface area contributed by atoms with E-state index < -0.39 is 0 Å². The maximum absolute atomic E-state index is 11.9. The van der Waals surface area contributed by atoms with Crippen molar-refractivity contribution >= 4 is 17.3 Å². The van der Waals surface area contributed by atoms with E-state index in [1.54, 1.807) is 0 Å². The first-order chi connectivity index (χ1) is 9.69. The fourth-order valence-electron chi connectivity index (χ4n) is 3.06. The summed E-state index contributed by atoms with van der Waals surface area (Å²) in [6, 6.07) is 6.11. The Morgan fingerprint density at radius 3 is 2.85 bits per heavy atom. The third-order valence-electron chi connectivity index (χ3n) is 4.47. The zero-order chi connectivity index (χ0) is 14.1. The van der Waals surface area contributed by atoms with E-state index in [1.165, 1.54) is 24.9 Å². The average Bonchev–Trinajstić information content (AvgIpc) is 2.70. The molecule has 1 heterocycles. The predicted octanol–water partition coefficient (Wildman–Crippen LogP) is 2.53. The van der Waals surface area contributed by atoms with Crippen molar-refractivity contribution in [3.05, 3.63) is 23.8 Å². The topological polar surface area (TPSA) is 44.4 Å². The molecule has 1 fully saturated rings. The number of fused-ring (bicyclic) bond motifs is 1. The minimum Gasteiger partial charge on any atom is -0.374 e. The van der Waals surface area contributed by atoms with Gasteiger partial charge in [0.2, 0.25) is 5.91 Å². The van der Waals surface area contributed by atoms with Crippen molar-refractivity contribution in [2.45, 2.75) is 32.2 Å². The summed E-state index contributed by atoms with van der Waals surface area (Å²) in [7, 11) is 2.14. The van der Waals surface area contributed by atoms with Crippen molar-refractivity contribution in [1.29, 1.82) is 0 Å². The first-order valence-corrected chi connectivity index (χ1v) is 7.58. The second-order valence-electron chi connectivity index (χ2n) is 5.93. The lowest BCUT2D eigenvalue weighted by Gasteiger charge is -2.31. The molecule has 1 saturated carbocycles. The average molecular weight is 273 g/mol. The summed E-state index contributed by atoms with van der Waals surface area (Å²) in [6.45, 7) is 3.93. The van der Waals surface area contributed by atoms with Crippen molar-refractivity contribution in [3.63, 3.8) is 0 Å². The van der Waals surface area contributed by atoms with Gasteiger partial charge in [0.1, 0.15) is 6.04 Å². The first-order valence-electron chi connectivity index (χ1n) is 7.58. The number of benzene rings is 1. The second kappa shape index (κ2) is 5.44. The van der Waals surface area contributed by atoms with Crippen LogP contribution in [0.15, 0.2) is 18.2 Å². The minimum absolute atomic E-state index is 0.0562. The van der Waals surface area contributed by atoms with Crippen LogP contribution in [0.2, 0.25) is 0 Å². The Hall–Kier alpha value is -1.55. The number of nitrogens with zero attached hydrogens (tertiary/aromatic N) is 1. The minimum atomic E-state index is -0.194. The quantitative estimate of drug-likeness (QED) is 0.866. The molecule has 1 atom stereocenters. The monoisotopic (exact) mass is 273 g/mol. The van der Waals surface area contributed by atoms with Crippen molar-refractivity contribution < 1.29 is 4.79 Å². The van der Waals surface area contributed by atoms with Crippen LogP contribution < -0.4 is 15.5 Å². The Bertz CT molecular complexity index is 510. The normalized spacial score (nSPS) is 21.3. The van der Waals surface area contributed by atoms with Crippen molar-refractivity contribution in [2.24, 2.45) is 5.92 Å². The molecule has 2 aliphatic rings. The lowest BCUT2D eigenvalue weighted by molar-refractivity contribution is -0.117. The van der Waals surface area contributed by atoms with Gasteiger partial charge in [-0.3, -0.25) is 4.79 Å². The largest absolute Gasteiger partial charge is 0.374 e. The second-order valence-corrected chi connectivity index (χ2v) is 5.93. The summed E-state index contributed by atoms with van der Waals surface area (Å²) < 4.78 is 0. The molecule has 1 aromatic carbocycles. The van der Waals surface area contributed by atoms with Gasteiger partial charge >= 0.3 is 0 Å². The Kier molecular flexibility index (Phi) is 3.66. The number of rotatable bonds is 5. The molecule has 1 unspecified atom stereocenters. The molecule has 0 radical (unpaired) electrons. The highest BCUT2D eigenvalue weighted by molar-refractivity contribution is 6.03. The smallest absolute Gasteiger partial charge is 0.246 e. The Morgan fingerprint density at radius 2 is 2.20 bits per heavy atom. The van der Waals surface area contributed by atoms with E-state index in [2.05, 4.69) is 40.8 Å². The van der Waals surface area contributed by atoms with Gasteiger partial charge in [-0.1, -0.05) is 19.4 Å². The van der Waals surface area contributed by atoms with Gasteiger partial charge in [-0.15, -0.1) is 0 Å². The molecule has 1 amide bonds. The van der Waals surface area contributed by atoms with Gasteiger partial charge in [0.25, 0.3) is 0 Å². The predicted molar refractivity (Wildman–Crippen MR) is 82.1 cm³/mol. The first kappa shape index (κ1) is 13.4. The molecule has 20 heavy (non-hydrogen) atoms. The van der Waals surface area contributed by atoms with E-state index in [4.69, 9.17) is 0 Å². The van der Waals surface area contributed by atoms with Gasteiger partial charge in [0.15, 0.2) is 0 Å². The van der Waals surface area contributed by atoms with Crippen LogP contribution >= 0.6 is 0 Å². The number of carbonyl (C=O) groups is 1. The highest BCUT2D eigenvalue weighted by Crippen LogP contribution is 2.35. The number of carbonyl (C=O) groups excluding carboxylic acids is 1. The van der Waals surface area contributed by atoms with Gasteiger partial charge < -0.3 is 15.5 Å². The maximum Gasteiger partial charge on any atom is 0.246 e. The van der Waals surface area contributed by atoms with Crippen molar-refractivity contribution in [2.75, 3.05) is 30.4 Å². The number of hydrogen-bond donors (Lipinski definition) is 2.